The summed E-state index contributed by atoms with van der Waals surface area (Å²) in [5.74, 6) is -1.51. The van der Waals surface area contributed by atoms with Crippen molar-refractivity contribution in [3.63, 3.8) is 0 Å². The quantitative estimate of drug-likeness (QED) is 0.361. The number of carbonyl (C=O) groups excluding carboxylic acids is 2. The van der Waals surface area contributed by atoms with Crippen molar-refractivity contribution in [3.8, 4) is 11.4 Å². The van der Waals surface area contributed by atoms with Crippen molar-refractivity contribution in [1.82, 2.24) is 35.6 Å². The van der Waals surface area contributed by atoms with Crippen LogP contribution >= 0.6 is 0 Å². The second kappa shape index (κ2) is 9.11. The highest BCUT2D eigenvalue weighted by atomic mass is 19.4. The van der Waals surface area contributed by atoms with Gasteiger partial charge in [0.25, 0.3) is 11.8 Å². The average Bonchev–Trinajstić information content (AvgIpc) is 3.25. The molecule has 2 aromatic heterocycles. The standard InChI is InChI=1S/C18H13F4N7O2/c19-8-11-5-12(7-13(6-11)18(20,21)22)16-25-10-29(28-16)4-1-15(30)26-27-17(31)14-9-23-2-3-24-14/h1-7,9-10H,8H2,(H,26,30)(H,27,31)/b4-1-. The molecule has 0 aliphatic rings. The lowest BCUT2D eigenvalue weighted by atomic mass is 10.1. The van der Waals surface area contributed by atoms with Crippen molar-refractivity contribution in [1.29, 1.82) is 0 Å². The molecule has 0 aliphatic heterocycles. The van der Waals surface area contributed by atoms with Crippen molar-refractivity contribution >= 4 is 18.0 Å². The number of carbonyl (C=O) groups is 2. The summed E-state index contributed by atoms with van der Waals surface area (Å²) in [6.07, 6.45) is 2.53. The van der Waals surface area contributed by atoms with Crippen molar-refractivity contribution < 1.29 is 27.2 Å². The summed E-state index contributed by atoms with van der Waals surface area (Å²) in [5, 5.41) is 3.94. The molecule has 160 valence electrons. The van der Waals surface area contributed by atoms with Crippen LogP contribution in [0.25, 0.3) is 17.6 Å². The summed E-state index contributed by atoms with van der Waals surface area (Å²) in [6, 6.07) is 2.71. The van der Waals surface area contributed by atoms with Crippen LogP contribution in [-0.4, -0.2) is 36.5 Å². The topological polar surface area (TPSA) is 115 Å². The van der Waals surface area contributed by atoms with Gasteiger partial charge in [-0.25, -0.2) is 19.0 Å². The Morgan fingerprint density at radius 2 is 1.90 bits per heavy atom. The van der Waals surface area contributed by atoms with Gasteiger partial charge in [0.15, 0.2) is 5.82 Å². The third-order valence-electron chi connectivity index (χ3n) is 3.71. The molecule has 0 spiro atoms. The van der Waals surface area contributed by atoms with E-state index < -0.39 is 30.2 Å². The molecule has 0 bridgehead atoms. The molecule has 2 N–H and O–H groups in total. The van der Waals surface area contributed by atoms with E-state index in [0.29, 0.717) is 6.07 Å². The van der Waals surface area contributed by atoms with Crippen LogP contribution in [0.3, 0.4) is 0 Å². The van der Waals surface area contributed by atoms with Crippen LogP contribution in [0.15, 0.2) is 49.2 Å². The Balaban J connectivity index is 1.66. The van der Waals surface area contributed by atoms with Crippen molar-refractivity contribution in [3.05, 3.63) is 66.0 Å². The summed E-state index contributed by atoms with van der Waals surface area (Å²) in [4.78, 5) is 34.9. The molecule has 0 atom stereocenters. The zero-order valence-electron chi connectivity index (χ0n) is 15.5. The van der Waals surface area contributed by atoms with Crippen LogP contribution in [0, 0.1) is 0 Å². The van der Waals surface area contributed by atoms with Gasteiger partial charge in [0.05, 0.1) is 11.8 Å². The molecule has 0 saturated heterocycles. The number of halogens is 4. The molecule has 3 rings (SSSR count). The Morgan fingerprint density at radius 1 is 1.10 bits per heavy atom. The van der Waals surface area contributed by atoms with Crippen molar-refractivity contribution in [2.45, 2.75) is 12.9 Å². The second-order valence-electron chi connectivity index (χ2n) is 5.95. The zero-order valence-corrected chi connectivity index (χ0v) is 15.5. The van der Waals surface area contributed by atoms with Crippen LogP contribution in [0.2, 0.25) is 0 Å². The Kier molecular flexibility index (Phi) is 6.33. The summed E-state index contributed by atoms with van der Waals surface area (Å²) in [7, 11) is 0. The van der Waals surface area contributed by atoms with E-state index in [-0.39, 0.29) is 22.6 Å². The van der Waals surface area contributed by atoms with E-state index in [1.165, 1.54) is 24.7 Å². The molecule has 9 nitrogen and oxygen atoms in total. The molecule has 0 radical (unpaired) electrons. The number of amides is 2. The normalized spacial score (nSPS) is 11.5. The lowest BCUT2D eigenvalue weighted by Crippen LogP contribution is -2.41. The summed E-state index contributed by atoms with van der Waals surface area (Å²) < 4.78 is 53.0. The molecule has 0 fully saturated rings. The van der Waals surface area contributed by atoms with Crippen LogP contribution < -0.4 is 10.9 Å². The molecule has 2 amide bonds. The minimum Gasteiger partial charge on any atom is -0.268 e. The molecule has 1 aromatic carbocycles. The van der Waals surface area contributed by atoms with Crippen LogP contribution in [0.4, 0.5) is 17.6 Å². The van der Waals surface area contributed by atoms with Gasteiger partial charge < -0.3 is 0 Å². The first kappa shape index (κ1) is 21.5. The number of hydrogen-bond donors (Lipinski definition) is 2. The van der Waals surface area contributed by atoms with E-state index in [1.54, 1.807) is 0 Å². The fraction of sp³-hybridized carbons (Fsp3) is 0.111. The molecule has 0 unspecified atom stereocenters. The number of benzene rings is 1. The number of nitrogens with zero attached hydrogens (tertiary/aromatic N) is 5. The summed E-state index contributed by atoms with van der Waals surface area (Å²) in [6.45, 7) is -1.09. The highest BCUT2D eigenvalue weighted by Crippen LogP contribution is 2.32. The van der Waals surface area contributed by atoms with Crippen LogP contribution in [0.1, 0.15) is 21.6 Å². The van der Waals surface area contributed by atoms with E-state index in [4.69, 9.17) is 0 Å². The van der Waals surface area contributed by atoms with Crippen LogP contribution in [-0.2, 0) is 17.6 Å². The lowest BCUT2D eigenvalue weighted by molar-refractivity contribution is -0.137. The molecular formula is C18H13F4N7O2. The molecule has 2 heterocycles. The SMILES string of the molecule is O=C(/C=C\n1cnc(-c2cc(CF)cc(C(F)(F)F)c2)n1)NNC(=O)c1cnccn1. The van der Waals surface area contributed by atoms with Gasteiger partial charge in [-0.15, -0.1) is 5.10 Å². The summed E-state index contributed by atoms with van der Waals surface area (Å²) >= 11 is 0. The maximum absolute atomic E-state index is 13.0. The molecule has 31 heavy (non-hydrogen) atoms. The van der Waals surface area contributed by atoms with Crippen LogP contribution in [0.5, 0.6) is 0 Å². The van der Waals surface area contributed by atoms with Gasteiger partial charge >= 0.3 is 6.18 Å². The van der Waals surface area contributed by atoms with Gasteiger partial charge in [0.2, 0.25) is 0 Å². The van der Waals surface area contributed by atoms with Gasteiger partial charge in [-0.05, 0) is 23.8 Å². The smallest absolute Gasteiger partial charge is 0.268 e. The third kappa shape index (κ3) is 5.68. The predicted molar refractivity (Wildman–Crippen MR) is 98.2 cm³/mol. The Labute approximate surface area is 171 Å². The number of aromatic nitrogens is 5. The van der Waals surface area contributed by atoms with E-state index in [2.05, 4.69) is 30.9 Å². The second-order valence-corrected chi connectivity index (χ2v) is 5.95. The average molecular weight is 435 g/mol. The third-order valence-corrected chi connectivity index (χ3v) is 3.71. The van der Waals surface area contributed by atoms with E-state index in [9.17, 15) is 27.2 Å². The predicted octanol–water partition coefficient (Wildman–Crippen LogP) is 2.16. The van der Waals surface area contributed by atoms with Gasteiger partial charge in [-0.2, -0.15) is 13.2 Å². The Bertz CT molecular complexity index is 1110. The van der Waals surface area contributed by atoms with Crippen molar-refractivity contribution in [2.75, 3.05) is 0 Å². The molecule has 13 heteroatoms. The van der Waals surface area contributed by atoms with E-state index >= 15 is 0 Å². The minimum atomic E-state index is -4.66. The number of hydrogen-bond acceptors (Lipinski definition) is 6. The monoisotopic (exact) mass is 435 g/mol. The Morgan fingerprint density at radius 3 is 2.58 bits per heavy atom. The molecule has 0 aliphatic carbocycles. The molecule has 0 saturated carbocycles. The minimum absolute atomic E-state index is 0.0126. The first-order chi connectivity index (χ1) is 14.8. The fourth-order valence-corrected chi connectivity index (χ4v) is 2.33. The first-order valence-corrected chi connectivity index (χ1v) is 8.49. The highest BCUT2D eigenvalue weighted by molar-refractivity contribution is 5.96. The largest absolute Gasteiger partial charge is 0.416 e. The van der Waals surface area contributed by atoms with E-state index in [1.807, 2.05) is 0 Å². The number of alkyl halides is 4. The number of rotatable bonds is 5. The highest BCUT2D eigenvalue weighted by Gasteiger charge is 2.31. The van der Waals surface area contributed by atoms with Gasteiger partial charge in [-0.1, -0.05) is 0 Å². The van der Waals surface area contributed by atoms with E-state index in [0.717, 1.165) is 29.4 Å². The molecule has 3 aromatic rings. The maximum atomic E-state index is 13.0. The van der Waals surface area contributed by atoms with Gasteiger partial charge in [0.1, 0.15) is 18.7 Å². The van der Waals surface area contributed by atoms with Gasteiger partial charge in [0, 0.05) is 30.2 Å². The fourth-order valence-electron chi connectivity index (χ4n) is 2.33. The number of nitrogens with one attached hydrogen (secondary N) is 2. The maximum Gasteiger partial charge on any atom is 0.416 e. The van der Waals surface area contributed by atoms with Crippen molar-refractivity contribution in [2.24, 2.45) is 0 Å². The number of hydrazine groups is 1. The first-order valence-electron chi connectivity index (χ1n) is 8.49. The lowest BCUT2D eigenvalue weighted by Gasteiger charge is -2.09. The zero-order chi connectivity index (χ0) is 22.4. The van der Waals surface area contributed by atoms with Gasteiger partial charge in [-0.3, -0.25) is 25.4 Å². The molecular weight excluding hydrogens is 422 g/mol. The Hall–Kier alpha value is -4.16. The summed E-state index contributed by atoms with van der Waals surface area (Å²) in [5.41, 5.74) is 2.99.